The Hall–Kier alpha value is -0.975. The molecule has 0 unspecified atom stereocenters. The number of hydrogen-bond donors (Lipinski definition) is 0. The Balaban J connectivity index is 2.51. The Morgan fingerprint density at radius 2 is 1.93 bits per heavy atom. The first-order valence-corrected chi connectivity index (χ1v) is 5.17. The summed E-state index contributed by atoms with van der Waals surface area (Å²) in [6, 6.07) is 0. The Kier molecular flexibility index (Phi) is 3.79. The number of rotatable bonds is 4. The molecule has 1 heterocycles. The number of thioether (sulfide) groups is 1. The highest BCUT2D eigenvalue weighted by Crippen LogP contribution is 2.24. The lowest BCUT2D eigenvalue weighted by Gasteiger charge is -2.16. The second-order valence-electron chi connectivity index (χ2n) is 3.06. The molecule has 1 aromatic rings. The minimum atomic E-state index is -4.95. The SMILES string of the molecule is C=C(CSc1ncc(C)cn1)[B-](F)(F)F. The molecular weight excluding hydrogens is 224 g/mol. The molecule has 0 saturated heterocycles. The maximum absolute atomic E-state index is 12.1. The van der Waals surface area contributed by atoms with Crippen LogP contribution in [0, 0.1) is 6.92 Å². The quantitative estimate of drug-likeness (QED) is 0.454. The van der Waals surface area contributed by atoms with Gasteiger partial charge >= 0.3 is 6.98 Å². The lowest BCUT2D eigenvalue weighted by molar-refractivity contribution is 0.491. The van der Waals surface area contributed by atoms with Crippen LogP contribution in [-0.2, 0) is 0 Å². The van der Waals surface area contributed by atoms with Crippen molar-refractivity contribution in [3.05, 3.63) is 30.0 Å². The maximum atomic E-state index is 12.1. The number of aryl methyl sites for hydroxylation is 1. The van der Waals surface area contributed by atoms with Gasteiger partial charge < -0.3 is 12.9 Å². The molecule has 1 aromatic heterocycles. The normalized spacial score (nSPS) is 11.5. The van der Waals surface area contributed by atoms with Gasteiger partial charge in [0.1, 0.15) is 0 Å². The van der Waals surface area contributed by atoms with Crippen LogP contribution in [0.4, 0.5) is 12.9 Å². The number of aromatic nitrogens is 2. The molecule has 0 atom stereocenters. The number of nitrogens with zero attached hydrogens (tertiary/aromatic N) is 2. The molecule has 0 aliphatic rings. The molecule has 0 aromatic carbocycles. The van der Waals surface area contributed by atoms with Crippen LogP contribution in [0.3, 0.4) is 0 Å². The van der Waals surface area contributed by atoms with Crippen LogP contribution in [0.15, 0.2) is 29.6 Å². The molecule has 2 nitrogen and oxygen atoms in total. The van der Waals surface area contributed by atoms with E-state index in [1.165, 1.54) is 0 Å². The van der Waals surface area contributed by atoms with Gasteiger partial charge in [-0.25, -0.2) is 9.97 Å². The molecule has 0 fully saturated rings. The van der Waals surface area contributed by atoms with Gasteiger partial charge in [-0.3, -0.25) is 0 Å². The highest BCUT2D eigenvalue weighted by Gasteiger charge is 2.26. The molecule has 0 radical (unpaired) electrons. The van der Waals surface area contributed by atoms with Crippen molar-refractivity contribution in [2.24, 2.45) is 0 Å². The third kappa shape index (κ3) is 3.95. The van der Waals surface area contributed by atoms with E-state index in [1.54, 1.807) is 12.4 Å². The van der Waals surface area contributed by atoms with Crippen LogP contribution in [0.1, 0.15) is 5.56 Å². The van der Waals surface area contributed by atoms with E-state index in [0.717, 1.165) is 17.3 Å². The second-order valence-corrected chi connectivity index (χ2v) is 4.01. The first-order chi connectivity index (χ1) is 6.89. The van der Waals surface area contributed by atoms with E-state index in [1.807, 2.05) is 6.92 Å². The summed E-state index contributed by atoms with van der Waals surface area (Å²) < 4.78 is 36.4. The lowest BCUT2D eigenvalue weighted by atomic mass is 9.82. The summed E-state index contributed by atoms with van der Waals surface area (Å²) >= 11 is 0.938. The Morgan fingerprint density at radius 1 is 1.40 bits per heavy atom. The fraction of sp³-hybridized carbons (Fsp3) is 0.250. The van der Waals surface area contributed by atoms with Crippen LogP contribution >= 0.6 is 11.8 Å². The standard InChI is InChI=1S/C8H9BF3N2S/c1-6-3-13-8(14-4-6)15-5-7(2)9(10,11)12/h3-4H,2,5H2,1H3/q-1. The summed E-state index contributed by atoms with van der Waals surface area (Å²) in [4.78, 5) is 7.77. The van der Waals surface area contributed by atoms with E-state index in [2.05, 4.69) is 16.5 Å². The van der Waals surface area contributed by atoms with E-state index in [-0.39, 0.29) is 5.75 Å². The van der Waals surface area contributed by atoms with Crippen molar-refractivity contribution in [3.8, 4) is 0 Å². The van der Waals surface area contributed by atoms with Crippen molar-refractivity contribution in [3.63, 3.8) is 0 Å². The monoisotopic (exact) mass is 233 g/mol. The molecule has 0 amide bonds. The van der Waals surface area contributed by atoms with Crippen LogP contribution in [0.5, 0.6) is 0 Å². The van der Waals surface area contributed by atoms with E-state index in [0.29, 0.717) is 5.16 Å². The Morgan fingerprint density at radius 3 is 2.40 bits per heavy atom. The predicted octanol–water partition coefficient (Wildman–Crippen LogP) is 2.82. The summed E-state index contributed by atoms with van der Waals surface area (Å²) in [6.07, 6.45) is 3.13. The van der Waals surface area contributed by atoms with E-state index in [4.69, 9.17) is 0 Å². The number of halogens is 3. The van der Waals surface area contributed by atoms with Crippen molar-refractivity contribution in [1.82, 2.24) is 9.97 Å². The second kappa shape index (κ2) is 4.70. The van der Waals surface area contributed by atoms with Crippen molar-refractivity contribution in [2.45, 2.75) is 12.1 Å². The van der Waals surface area contributed by atoms with Gasteiger partial charge in [0, 0.05) is 12.4 Å². The zero-order chi connectivity index (χ0) is 11.5. The van der Waals surface area contributed by atoms with Crippen molar-refractivity contribution in [1.29, 1.82) is 0 Å². The molecule has 0 N–H and O–H groups in total. The lowest BCUT2D eigenvalue weighted by Crippen LogP contribution is -2.20. The number of hydrogen-bond acceptors (Lipinski definition) is 3. The fourth-order valence-electron chi connectivity index (χ4n) is 0.707. The van der Waals surface area contributed by atoms with Crippen LogP contribution in [0.25, 0.3) is 0 Å². The zero-order valence-corrected chi connectivity index (χ0v) is 8.90. The topological polar surface area (TPSA) is 25.8 Å². The Bertz CT molecular complexity index is 350. The fourth-order valence-corrected chi connectivity index (χ4v) is 1.46. The summed E-state index contributed by atoms with van der Waals surface area (Å²) in [7, 11) is 0. The van der Waals surface area contributed by atoms with Gasteiger partial charge in [0.05, 0.1) is 0 Å². The molecule has 0 saturated carbocycles. The summed E-state index contributed by atoms with van der Waals surface area (Å²) in [5.74, 6) is -0.216. The molecule has 0 aliphatic carbocycles. The minimum Gasteiger partial charge on any atom is -0.445 e. The molecule has 15 heavy (non-hydrogen) atoms. The zero-order valence-electron chi connectivity index (χ0n) is 8.08. The summed E-state index contributed by atoms with van der Waals surface area (Å²) in [5, 5.41) is 0.335. The summed E-state index contributed by atoms with van der Waals surface area (Å²) in [6.45, 7) is -0.151. The largest absolute Gasteiger partial charge is 0.505 e. The highest BCUT2D eigenvalue weighted by atomic mass is 32.2. The minimum absolute atomic E-state index is 0.216. The van der Waals surface area contributed by atoms with Crippen molar-refractivity contribution >= 4 is 18.7 Å². The van der Waals surface area contributed by atoms with Gasteiger partial charge in [0.25, 0.3) is 0 Å². The molecule has 0 bridgehead atoms. The molecule has 7 heteroatoms. The van der Waals surface area contributed by atoms with Gasteiger partial charge in [-0.15, -0.1) is 12.1 Å². The smallest absolute Gasteiger partial charge is 0.445 e. The van der Waals surface area contributed by atoms with Gasteiger partial charge in [-0.2, -0.15) is 0 Å². The van der Waals surface area contributed by atoms with Crippen LogP contribution in [0.2, 0.25) is 0 Å². The molecule has 0 aliphatic heterocycles. The summed E-state index contributed by atoms with van der Waals surface area (Å²) in [5.41, 5.74) is 0.155. The molecular formula is C8H9BF3N2S-. The average Bonchev–Trinajstić information content (AvgIpc) is 2.15. The third-order valence-corrected chi connectivity index (χ3v) is 2.59. The molecule has 82 valence electrons. The third-order valence-electron chi connectivity index (χ3n) is 1.61. The molecule has 1 rings (SSSR count). The van der Waals surface area contributed by atoms with E-state index in [9.17, 15) is 12.9 Å². The average molecular weight is 233 g/mol. The van der Waals surface area contributed by atoms with Gasteiger partial charge in [-0.1, -0.05) is 11.8 Å². The first-order valence-electron chi connectivity index (χ1n) is 4.18. The Labute approximate surface area is 90.1 Å². The first kappa shape index (κ1) is 12.1. The highest BCUT2D eigenvalue weighted by molar-refractivity contribution is 7.99. The van der Waals surface area contributed by atoms with Gasteiger partial charge in [-0.05, 0) is 18.2 Å². The van der Waals surface area contributed by atoms with Gasteiger partial charge in [0.15, 0.2) is 5.16 Å². The van der Waals surface area contributed by atoms with Crippen molar-refractivity contribution < 1.29 is 12.9 Å². The van der Waals surface area contributed by atoms with E-state index < -0.39 is 12.4 Å². The van der Waals surface area contributed by atoms with Crippen LogP contribution < -0.4 is 0 Å². The van der Waals surface area contributed by atoms with Gasteiger partial charge in [0.2, 0.25) is 0 Å². The predicted molar refractivity (Wildman–Crippen MR) is 55.7 cm³/mol. The van der Waals surface area contributed by atoms with Crippen LogP contribution in [-0.4, -0.2) is 22.7 Å². The van der Waals surface area contributed by atoms with Crippen molar-refractivity contribution in [2.75, 3.05) is 5.75 Å². The molecule has 0 spiro atoms. The maximum Gasteiger partial charge on any atom is 0.505 e. The van der Waals surface area contributed by atoms with E-state index >= 15 is 0 Å².